The highest BCUT2D eigenvalue weighted by Crippen LogP contribution is 2.31. The van der Waals surface area contributed by atoms with Crippen molar-refractivity contribution in [2.75, 3.05) is 6.54 Å². The zero-order valence-corrected chi connectivity index (χ0v) is 9.65. The second kappa shape index (κ2) is 4.95. The van der Waals surface area contributed by atoms with Gasteiger partial charge in [0.25, 0.3) is 0 Å². The first-order valence-corrected chi connectivity index (χ1v) is 6.29. The average molecular weight is 224 g/mol. The van der Waals surface area contributed by atoms with E-state index in [4.69, 9.17) is 5.73 Å². The van der Waals surface area contributed by atoms with Crippen LogP contribution in [0.2, 0.25) is 0 Å². The van der Waals surface area contributed by atoms with Crippen LogP contribution in [0.25, 0.3) is 0 Å². The number of hydrogen-bond acceptors (Lipinski definition) is 3. The lowest BCUT2D eigenvalue weighted by Crippen LogP contribution is -2.52. The van der Waals surface area contributed by atoms with Gasteiger partial charge in [-0.1, -0.05) is 12.8 Å². The minimum atomic E-state index is -0.0391. The van der Waals surface area contributed by atoms with E-state index in [-0.39, 0.29) is 17.9 Å². The number of carbonyl (C=O) groups is 2. The maximum absolute atomic E-state index is 11.8. The molecule has 1 saturated heterocycles. The first-order chi connectivity index (χ1) is 7.74. The van der Waals surface area contributed by atoms with Crippen molar-refractivity contribution < 1.29 is 9.59 Å². The van der Waals surface area contributed by atoms with Gasteiger partial charge >= 0.3 is 0 Å². The first kappa shape index (κ1) is 11.6. The topological polar surface area (TPSA) is 63.4 Å². The molecule has 0 radical (unpaired) electrons. The number of imide groups is 1. The Morgan fingerprint density at radius 3 is 2.19 bits per heavy atom. The summed E-state index contributed by atoms with van der Waals surface area (Å²) < 4.78 is 0. The van der Waals surface area contributed by atoms with Crippen LogP contribution in [0, 0.1) is 5.92 Å². The molecule has 1 saturated carbocycles. The van der Waals surface area contributed by atoms with Crippen LogP contribution in [0.15, 0.2) is 0 Å². The second-order valence-corrected chi connectivity index (χ2v) is 4.86. The second-order valence-electron chi connectivity index (χ2n) is 4.86. The molecule has 16 heavy (non-hydrogen) atoms. The highest BCUT2D eigenvalue weighted by atomic mass is 16.2. The number of rotatable bonds is 3. The number of likely N-dealkylation sites (tertiary alicyclic amines) is 1. The molecule has 1 aliphatic heterocycles. The predicted octanol–water partition coefficient (Wildman–Crippen LogP) is 1.04. The van der Waals surface area contributed by atoms with Crippen LogP contribution in [0.4, 0.5) is 0 Å². The van der Waals surface area contributed by atoms with Crippen LogP contribution in [0.1, 0.15) is 44.9 Å². The number of hydrogen-bond donors (Lipinski definition) is 1. The fraction of sp³-hybridized carbons (Fsp3) is 0.833. The number of piperidine rings is 1. The fourth-order valence-electron chi connectivity index (χ4n) is 2.99. The van der Waals surface area contributed by atoms with Crippen LogP contribution in [0.3, 0.4) is 0 Å². The molecule has 1 aliphatic carbocycles. The number of nitrogens with two attached hydrogens (primary N) is 1. The molecule has 90 valence electrons. The van der Waals surface area contributed by atoms with Gasteiger partial charge in [0, 0.05) is 19.4 Å². The maximum atomic E-state index is 11.8. The van der Waals surface area contributed by atoms with Gasteiger partial charge in [0.2, 0.25) is 11.8 Å². The van der Waals surface area contributed by atoms with E-state index in [0.717, 1.165) is 12.8 Å². The van der Waals surface area contributed by atoms with Crippen molar-refractivity contribution in [3.63, 3.8) is 0 Å². The Labute approximate surface area is 96.2 Å². The van der Waals surface area contributed by atoms with Crippen molar-refractivity contribution in [3.8, 4) is 0 Å². The van der Waals surface area contributed by atoms with Crippen molar-refractivity contribution in [1.29, 1.82) is 0 Å². The lowest BCUT2D eigenvalue weighted by Gasteiger charge is -2.35. The lowest BCUT2D eigenvalue weighted by molar-refractivity contribution is -0.152. The largest absolute Gasteiger partial charge is 0.328 e. The van der Waals surface area contributed by atoms with Gasteiger partial charge in [-0.15, -0.1) is 0 Å². The molecule has 2 N–H and O–H groups in total. The molecule has 2 rings (SSSR count). The fourth-order valence-corrected chi connectivity index (χ4v) is 2.99. The van der Waals surface area contributed by atoms with Crippen LogP contribution in [-0.2, 0) is 9.59 Å². The summed E-state index contributed by atoms with van der Waals surface area (Å²) in [5.74, 6) is 0.410. The van der Waals surface area contributed by atoms with Crippen molar-refractivity contribution in [1.82, 2.24) is 4.90 Å². The van der Waals surface area contributed by atoms with Gasteiger partial charge in [-0.25, -0.2) is 0 Å². The number of nitrogens with zero attached hydrogens (tertiary/aromatic N) is 1. The van der Waals surface area contributed by atoms with Crippen molar-refractivity contribution in [2.45, 2.75) is 51.0 Å². The van der Waals surface area contributed by atoms with Crippen molar-refractivity contribution in [3.05, 3.63) is 0 Å². The zero-order valence-electron chi connectivity index (χ0n) is 9.65. The van der Waals surface area contributed by atoms with Gasteiger partial charge < -0.3 is 5.73 Å². The molecule has 1 heterocycles. The SMILES string of the molecule is NCC(C1CCCC1)N1C(=O)CCCC1=O. The Morgan fingerprint density at radius 1 is 1.12 bits per heavy atom. The normalized spacial score (nSPS) is 25.2. The summed E-state index contributed by atoms with van der Waals surface area (Å²) in [6, 6.07) is -0.0391. The van der Waals surface area contributed by atoms with E-state index in [1.54, 1.807) is 0 Å². The van der Waals surface area contributed by atoms with Gasteiger partial charge in [-0.3, -0.25) is 14.5 Å². The van der Waals surface area contributed by atoms with Gasteiger partial charge in [0.1, 0.15) is 0 Å². The van der Waals surface area contributed by atoms with E-state index < -0.39 is 0 Å². The van der Waals surface area contributed by atoms with Gasteiger partial charge in [-0.05, 0) is 25.2 Å². The number of amides is 2. The van der Waals surface area contributed by atoms with Crippen molar-refractivity contribution >= 4 is 11.8 Å². The van der Waals surface area contributed by atoms with E-state index in [2.05, 4.69) is 0 Å². The first-order valence-electron chi connectivity index (χ1n) is 6.29. The molecule has 0 aromatic rings. The van der Waals surface area contributed by atoms with E-state index in [9.17, 15) is 9.59 Å². The molecule has 0 spiro atoms. The average Bonchev–Trinajstić information content (AvgIpc) is 2.77. The summed E-state index contributed by atoms with van der Waals surface area (Å²) >= 11 is 0. The zero-order chi connectivity index (χ0) is 11.5. The van der Waals surface area contributed by atoms with Crippen molar-refractivity contribution in [2.24, 2.45) is 11.7 Å². The molecule has 0 aromatic carbocycles. The Bertz CT molecular complexity index is 269. The van der Waals surface area contributed by atoms with Gasteiger partial charge in [0.15, 0.2) is 0 Å². The third-order valence-corrected chi connectivity index (χ3v) is 3.84. The molecule has 4 nitrogen and oxygen atoms in total. The Kier molecular flexibility index (Phi) is 3.59. The Morgan fingerprint density at radius 2 is 1.69 bits per heavy atom. The summed E-state index contributed by atoms with van der Waals surface area (Å²) in [6.45, 7) is 0.419. The Balaban J connectivity index is 2.11. The monoisotopic (exact) mass is 224 g/mol. The molecule has 0 bridgehead atoms. The molecule has 1 unspecified atom stereocenters. The molecule has 1 atom stereocenters. The Hall–Kier alpha value is -0.900. The summed E-state index contributed by atoms with van der Waals surface area (Å²) in [7, 11) is 0. The minimum Gasteiger partial charge on any atom is -0.328 e. The van der Waals surface area contributed by atoms with Gasteiger partial charge in [-0.2, -0.15) is 0 Å². The standard InChI is InChI=1S/C12H20N2O2/c13-8-10(9-4-1-2-5-9)14-11(15)6-3-7-12(14)16/h9-10H,1-8,13H2. The summed E-state index contributed by atoms with van der Waals surface area (Å²) in [5.41, 5.74) is 5.76. The summed E-state index contributed by atoms with van der Waals surface area (Å²) in [6.07, 6.45) is 6.35. The smallest absolute Gasteiger partial charge is 0.229 e. The molecule has 2 fully saturated rings. The van der Waals surface area contributed by atoms with E-state index in [1.165, 1.54) is 17.7 Å². The summed E-state index contributed by atoms with van der Waals surface area (Å²) in [5, 5.41) is 0. The molecule has 2 aliphatic rings. The minimum absolute atomic E-state index is 0.0152. The molecule has 4 heteroatoms. The maximum Gasteiger partial charge on any atom is 0.229 e. The van der Waals surface area contributed by atoms with Gasteiger partial charge in [0.05, 0.1) is 6.04 Å². The van der Waals surface area contributed by atoms with E-state index in [0.29, 0.717) is 31.7 Å². The highest BCUT2D eigenvalue weighted by molar-refractivity contribution is 5.97. The quantitative estimate of drug-likeness (QED) is 0.729. The van der Waals surface area contributed by atoms with Crippen LogP contribution in [-0.4, -0.2) is 29.3 Å². The molecule has 2 amide bonds. The van der Waals surface area contributed by atoms with E-state index >= 15 is 0 Å². The molecular formula is C12H20N2O2. The predicted molar refractivity (Wildman–Crippen MR) is 60.5 cm³/mol. The van der Waals surface area contributed by atoms with Crippen LogP contribution < -0.4 is 5.73 Å². The van der Waals surface area contributed by atoms with Crippen LogP contribution in [0.5, 0.6) is 0 Å². The third kappa shape index (κ3) is 2.12. The van der Waals surface area contributed by atoms with Crippen LogP contribution >= 0.6 is 0 Å². The summed E-state index contributed by atoms with van der Waals surface area (Å²) in [4.78, 5) is 25.1. The molecule has 0 aromatic heterocycles. The van der Waals surface area contributed by atoms with E-state index in [1.807, 2.05) is 0 Å². The highest BCUT2D eigenvalue weighted by Gasteiger charge is 2.36. The lowest BCUT2D eigenvalue weighted by atomic mass is 9.94. The third-order valence-electron chi connectivity index (χ3n) is 3.84. The number of carbonyl (C=O) groups excluding carboxylic acids is 2. The molecular weight excluding hydrogens is 204 g/mol.